The molecule has 22 heavy (non-hydrogen) atoms. The average Bonchev–Trinajstić information content (AvgIpc) is 2.60. The second-order valence-corrected chi connectivity index (χ2v) is 7.49. The molecule has 4 saturated heterocycles. The standard InChI is InChI=1S/C17H30N4O/c22-17(20-11-3-5-13-15(20)7-1-9-18-13)21-12-4-6-14-16(21)8-2-10-19-14/h13-16,18-19H,1-12H2. The zero-order chi connectivity index (χ0) is 14.9. The van der Waals surface area contributed by atoms with Crippen LogP contribution < -0.4 is 10.6 Å². The number of fused-ring (bicyclic) bond motifs is 2. The van der Waals surface area contributed by atoms with Crippen molar-refractivity contribution in [2.75, 3.05) is 26.2 Å². The molecule has 0 saturated carbocycles. The molecule has 2 N–H and O–H groups in total. The highest BCUT2D eigenvalue weighted by atomic mass is 16.2. The van der Waals surface area contributed by atoms with Gasteiger partial charge < -0.3 is 20.4 Å². The van der Waals surface area contributed by atoms with Gasteiger partial charge in [0.1, 0.15) is 0 Å². The van der Waals surface area contributed by atoms with Crippen molar-refractivity contribution in [1.29, 1.82) is 0 Å². The summed E-state index contributed by atoms with van der Waals surface area (Å²) < 4.78 is 0. The van der Waals surface area contributed by atoms with Gasteiger partial charge in [0.05, 0.1) is 0 Å². The molecule has 4 aliphatic heterocycles. The SMILES string of the molecule is O=C(N1CCCC2NCCCC21)N1CCCC2NCCCC21. The number of carbonyl (C=O) groups is 1. The van der Waals surface area contributed by atoms with Gasteiger partial charge in [0, 0.05) is 37.3 Å². The number of rotatable bonds is 0. The first-order chi connectivity index (χ1) is 10.8. The summed E-state index contributed by atoms with van der Waals surface area (Å²) in [6.07, 6.45) is 9.56. The molecule has 4 fully saturated rings. The second-order valence-electron chi connectivity index (χ2n) is 7.49. The van der Waals surface area contributed by atoms with E-state index in [0.29, 0.717) is 30.2 Å². The van der Waals surface area contributed by atoms with Gasteiger partial charge in [-0.2, -0.15) is 0 Å². The molecule has 2 amide bonds. The number of hydrogen-bond acceptors (Lipinski definition) is 3. The maximum atomic E-state index is 13.3. The predicted molar refractivity (Wildman–Crippen MR) is 86.9 cm³/mol. The average molecular weight is 306 g/mol. The van der Waals surface area contributed by atoms with Gasteiger partial charge in [-0.05, 0) is 64.5 Å². The molecular formula is C17H30N4O. The Balaban J connectivity index is 1.49. The van der Waals surface area contributed by atoms with E-state index in [-0.39, 0.29) is 0 Å². The third-order valence-electron chi connectivity index (χ3n) is 6.22. The van der Waals surface area contributed by atoms with E-state index in [2.05, 4.69) is 20.4 Å². The van der Waals surface area contributed by atoms with Crippen LogP contribution in [0.25, 0.3) is 0 Å². The van der Waals surface area contributed by atoms with Crippen molar-refractivity contribution < 1.29 is 4.79 Å². The quantitative estimate of drug-likeness (QED) is 0.714. The van der Waals surface area contributed by atoms with Crippen molar-refractivity contribution in [3.05, 3.63) is 0 Å². The van der Waals surface area contributed by atoms with Gasteiger partial charge in [-0.15, -0.1) is 0 Å². The summed E-state index contributed by atoms with van der Waals surface area (Å²) in [6, 6.07) is 2.28. The van der Waals surface area contributed by atoms with E-state index in [1.165, 1.54) is 38.5 Å². The molecule has 124 valence electrons. The lowest BCUT2D eigenvalue weighted by atomic mass is 9.88. The molecule has 0 aromatic heterocycles. The number of likely N-dealkylation sites (tertiary alicyclic amines) is 2. The molecule has 5 nitrogen and oxygen atoms in total. The summed E-state index contributed by atoms with van der Waals surface area (Å²) in [5, 5.41) is 7.28. The summed E-state index contributed by atoms with van der Waals surface area (Å²) >= 11 is 0. The molecular weight excluding hydrogens is 276 g/mol. The third-order valence-corrected chi connectivity index (χ3v) is 6.22. The maximum absolute atomic E-state index is 13.3. The number of carbonyl (C=O) groups excluding carboxylic acids is 1. The van der Waals surface area contributed by atoms with Crippen molar-refractivity contribution in [1.82, 2.24) is 20.4 Å². The molecule has 0 aliphatic carbocycles. The van der Waals surface area contributed by atoms with Gasteiger partial charge in [0.15, 0.2) is 0 Å². The number of nitrogens with zero attached hydrogens (tertiary/aromatic N) is 2. The van der Waals surface area contributed by atoms with E-state index in [0.717, 1.165) is 39.0 Å². The zero-order valence-corrected chi connectivity index (χ0v) is 13.6. The lowest BCUT2D eigenvalue weighted by molar-refractivity contribution is 0.0486. The van der Waals surface area contributed by atoms with Crippen LogP contribution in [0.4, 0.5) is 4.79 Å². The van der Waals surface area contributed by atoms with Gasteiger partial charge in [0.25, 0.3) is 0 Å². The fraction of sp³-hybridized carbons (Fsp3) is 0.941. The Morgan fingerprint density at radius 2 is 1.23 bits per heavy atom. The van der Waals surface area contributed by atoms with Crippen molar-refractivity contribution in [2.45, 2.75) is 75.5 Å². The number of piperidine rings is 4. The summed E-state index contributed by atoms with van der Waals surface area (Å²) in [6.45, 7) is 4.18. The monoisotopic (exact) mass is 306 g/mol. The predicted octanol–water partition coefficient (Wildman–Crippen LogP) is 1.54. The highest BCUT2D eigenvalue weighted by Crippen LogP contribution is 2.30. The largest absolute Gasteiger partial charge is 0.320 e. The Labute approximate surface area is 133 Å². The molecule has 4 rings (SSSR count). The Bertz CT molecular complexity index is 375. The maximum Gasteiger partial charge on any atom is 0.320 e. The molecule has 0 spiro atoms. The zero-order valence-electron chi connectivity index (χ0n) is 13.6. The highest BCUT2D eigenvalue weighted by Gasteiger charge is 2.41. The Hall–Kier alpha value is -0.810. The topological polar surface area (TPSA) is 47.6 Å². The smallest absolute Gasteiger partial charge is 0.320 e. The normalized spacial score (nSPS) is 39.1. The Morgan fingerprint density at radius 3 is 1.73 bits per heavy atom. The van der Waals surface area contributed by atoms with Crippen LogP contribution in [0.15, 0.2) is 0 Å². The Morgan fingerprint density at radius 1 is 0.727 bits per heavy atom. The molecule has 0 aromatic carbocycles. The number of nitrogens with one attached hydrogen (secondary N) is 2. The van der Waals surface area contributed by atoms with Crippen LogP contribution in [0.2, 0.25) is 0 Å². The van der Waals surface area contributed by atoms with Crippen LogP contribution >= 0.6 is 0 Å². The van der Waals surface area contributed by atoms with Crippen LogP contribution in [0.3, 0.4) is 0 Å². The number of amides is 2. The van der Waals surface area contributed by atoms with Gasteiger partial charge in [0.2, 0.25) is 0 Å². The minimum absolute atomic E-state index is 0.330. The van der Waals surface area contributed by atoms with Crippen LogP contribution in [-0.4, -0.2) is 66.2 Å². The molecule has 4 atom stereocenters. The van der Waals surface area contributed by atoms with E-state index in [1.807, 2.05) is 0 Å². The molecule has 5 heteroatoms. The van der Waals surface area contributed by atoms with Gasteiger partial charge in [-0.1, -0.05) is 0 Å². The van der Waals surface area contributed by atoms with E-state index in [1.54, 1.807) is 0 Å². The molecule has 0 bridgehead atoms. The molecule has 4 unspecified atom stereocenters. The first-order valence-electron chi connectivity index (χ1n) is 9.38. The molecule has 0 radical (unpaired) electrons. The van der Waals surface area contributed by atoms with Crippen molar-refractivity contribution >= 4 is 6.03 Å². The Kier molecular flexibility index (Phi) is 4.27. The van der Waals surface area contributed by atoms with E-state index < -0.39 is 0 Å². The summed E-state index contributed by atoms with van der Waals surface area (Å²) in [7, 11) is 0. The van der Waals surface area contributed by atoms with Crippen LogP contribution in [0, 0.1) is 0 Å². The minimum atomic E-state index is 0.330. The third kappa shape index (κ3) is 2.62. The molecule has 4 aliphatic rings. The lowest BCUT2D eigenvalue weighted by Crippen LogP contribution is -2.65. The van der Waals surface area contributed by atoms with Crippen LogP contribution in [0.5, 0.6) is 0 Å². The number of hydrogen-bond donors (Lipinski definition) is 2. The van der Waals surface area contributed by atoms with Crippen LogP contribution in [-0.2, 0) is 0 Å². The van der Waals surface area contributed by atoms with Gasteiger partial charge >= 0.3 is 6.03 Å². The molecule has 0 aromatic rings. The van der Waals surface area contributed by atoms with Crippen molar-refractivity contribution in [3.8, 4) is 0 Å². The fourth-order valence-corrected chi connectivity index (χ4v) is 5.14. The van der Waals surface area contributed by atoms with Crippen molar-refractivity contribution in [2.24, 2.45) is 0 Å². The van der Waals surface area contributed by atoms with E-state index in [4.69, 9.17) is 0 Å². The first-order valence-corrected chi connectivity index (χ1v) is 9.38. The van der Waals surface area contributed by atoms with Gasteiger partial charge in [-0.3, -0.25) is 0 Å². The lowest BCUT2D eigenvalue weighted by Gasteiger charge is -2.50. The number of urea groups is 1. The fourth-order valence-electron chi connectivity index (χ4n) is 5.14. The van der Waals surface area contributed by atoms with E-state index in [9.17, 15) is 4.79 Å². The second kappa shape index (κ2) is 6.36. The first kappa shape index (κ1) is 14.8. The molecule has 4 heterocycles. The highest BCUT2D eigenvalue weighted by molar-refractivity contribution is 5.75. The minimum Gasteiger partial charge on any atom is -0.320 e. The van der Waals surface area contributed by atoms with Crippen molar-refractivity contribution in [3.63, 3.8) is 0 Å². The summed E-state index contributed by atoms with van der Waals surface area (Å²) in [5.41, 5.74) is 0. The summed E-state index contributed by atoms with van der Waals surface area (Å²) in [4.78, 5) is 17.7. The van der Waals surface area contributed by atoms with E-state index >= 15 is 0 Å². The summed E-state index contributed by atoms with van der Waals surface area (Å²) in [5.74, 6) is 0. The van der Waals surface area contributed by atoms with Crippen LogP contribution in [0.1, 0.15) is 51.4 Å². The van der Waals surface area contributed by atoms with Gasteiger partial charge in [-0.25, -0.2) is 4.79 Å².